The van der Waals surface area contributed by atoms with Crippen LogP contribution < -0.4 is 5.32 Å². The van der Waals surface area contributed by atoms with E-state index in [4.69, 9.17) is 5.53 Å². The lowest BCUT2D eigenvalue weighted by molar-refractivity contribution is -0.117. The molecule has 0 saturated heterocycles. The van der Waals surface area contributed by atoms with Gasteiger partial charge in [-0.15, -0.1) is 0 Å². The third-order valence-electron chi connectivity index (χ3n) is 2.96. The maximum atomic E-state index is 11.7. The number of nitrogens with one attached hydrogen (secondary N) is 2. The summed E-state index contributed by atoms with van der Waals surface area (Å²) in [5.74, 6) is 0.366. The van der Waals surface area contributed by atoms with Crippen molar-refractivity contribution in [1.82, 2.24) is 4.98 Å². The fraction of sp³-hybridized carbons (Fsp3) is 0.385. The molecule has 1 aliphatic rings. The van der Waals surface area contributed by atoms with E-state index in [1.54, 1.807) is 13.0 Å². The van der Waals surface area contributed by atoms with Crippen LogP contribution >= 0.6 is 0 Å². The van der Waals surface area contributed by atoms with Crippen molar-refractivity contribution < 1.29 is 14.4 Å². The van der Waals surface area contributed by atoms with Crippen molar-refractivity contribution in [1.29, 1.82) is 5.53 Å². The molecular weight excluding hydrogens is 244 g/mol. The van der Waals surface area contributed by atoms with Crippen LogP contribution in [0.25, 0.3) is 0 Å². The monoisotopic (exact) mass is 259 g/mol. The Bertz CT molecular complexity index is 572. The van der Waals surface area contributed by atoms with Gasteiger partial charge in [-0.2, -0.15) is 0 Å². The molecule has 6 heteroatoms. The van der Waals surface area contributed by atoms with Crippen LogP contribution in [0, 0.1) is 11.4 Å². The first-order chi connectivity index (χ1) is 9.15. The molecule has 2 N–H and O–H groups in total. The molecule has 1 aromatic rings. The molecule has 1 amide bonds. The van der Waals surface area contributed by atoms with Gasteiger partial charge in [0.15, 0.2) is 5.78 Å². The van der Waals surface area contributed by atoms with Crippen molar-refractivity contribution >= 4 is 23.7 Å². The second-order valence-electron chi connectivity index (χ2n) is 4.46. The second-order valence-corrected chi connectivity index (χ2v) is 4.46. The number of hydrogen-bond donors (Lipinski definition) is 2. The van der Waals surface area contributed by atoms with Crippen LogP contribution in [0.3, 0.4) is 0 Å². The zero-order valence-electron chi connectivity index (χ0n) is 10.6. The average molecular weight is 259 g/mol. The quantitative estimate of drug-likeness (QED) is 0.364. The van der Waals surface area contributed by atoms with E-state index < -0.39 is 0 Å². The van der Waals surface area contributed by atoms with Crippen molar-refractivity contribution in [3.05, 3.63) is 23.4 Å². The van der Waals surface area contributed by atoms with Gasteiger partial charge < -0.3 is 5.32 Å². The zero-order chi connectivity index (χ0) is 13.8. The number of ketones is 1. The molecule has 1 aliphatic carbocycles. The molecule has 2 rings (SSSR count). The summed E-state index contributed by atoms with van der Waals surface area (Å²) in [6.07, 6.45) is 4.88. The first-order valence-electron chi connectivity index (χ1n) is 6.19. The van der Waals surface area contributed by atoms with Gasteiger partial charge in [-0.3, -0.25) is 9.59 Å². The highest BCUT2D eigenvalue weighted by atomic mass is 16.2. The summed E-state index contributed by atoms with van der Waals surface area (Å²) >= 11 is 0. The molecule has 98 valence electrons. The summed E-state index contributed by atoms with van der Waals surface area (Å²) in [4.78, 5) is 30.6. The van der Waals surface area contributed by atoms with Crippen molar-refractivity contribution in [2.24, 2.45) is 5.92 Å². The maximum Gasteiger partial charge on any atom is 0.338 e. The predicted octanol–water partition coefficient (Wildman–Crippen LogP) is 1.68. The van der Waals surface area contributed by atoms with Crippen LogP contribution in [0.15, 0.2) is 12.3 Å². The largest absolute Gasteiger partial charge is 0.338 e. The third kappa shape index (κ3) is 3.11. The molecule has 1 fully saturated rings. The first kappa shape index (κ1) is 13.1. The van der Waals surface area contributed by atoms with Crippen LogP contribution in [0.5, 0.6) is 0 Å². The van der Waals surface area contributed by atoms with E-state index in [9.17, 15) is 9.59 Å². The van der Waals surface area contributed by atoms with Crippen molar-refractivity contribution in [3.8, 4) is 0 Å². The lowest BCUT2D eigenvalue weighted by atomic mass is 10.1. The standard InChI is InChI=1S/C13H14N4O2/c1-2-11(18)10-7-15-12(5-9(10)6-16-14)17-13(19)8-3-4-8/h5-8,14H,2-4H2,1H3/p+1. The van der Waals surface area contributed by atoms with Crippen LogP contribution in [0.4, 0.5) is 5.82 Å². The fourth-order valence-corrected chi connectivity index (χ4v) is 1.71. The number of carbonyl (C=O) groups is 2. The highest BCUT2D eigenvalue weighted by molar-refractivity contribution is 6.03. The van der Waals surface area contributed by atoms with E-state index in [0.29, 0.717) is 23.4 Å². The number of anilines is 1. The third-order valence-corrected chi connectivity index (χ3v) is 2.96. The molecule has 0 spiro atoms. The Balaban J connectivity index is 2.27. The van der Waals surface area contributed by atoms with E-state index in [0.717, 1.165) is 12.8 Å². The van der Waals surface area contributed by atoms with Gasteiger partial charge in [-0.25, -0.2) is 4.98 Å². The summed E-state index contributed by atoms with van der Waals surface area (Å²) in [5.41, 5.74) is 7.80. The van der Waals surface area contributed by atoms with Gasteiger partial charge in [0.05, 0.1) is 16.7 Å². The molecular formula is C13H15N4O2+. The number of carbonyl (C=O) groups excluding carboxylic acids is 2. The van der Waals surface area contributed by atoms with Gasteiger partial charge in [0.1, 0.15) is 5.82 Å². The second kappa shape index (κ2) is 5.54. The Kier molecular flexibility index (Phi) is 3.82. The number of nitrogens with zero attached hydrogens (tertiary/aromatic N) is 2. The van der Waals surface area contributed by atoms with E-state index in [2.05, 4.69) is 15.1 Å². The molecule has 1 saturated carbocycles. The minimum atomic E-state index is -0.0672. The zero-order valence-corrected chi connectivity index (χ0v) is 10.6. The van der Waals surface area contributed by atoms with Gasteiger partial charge in [-0.1, -0.05) is 6.92 Å². The lowest BCUT2D eigenvalue weighted by Crippen LogP contribution is -2.15. The summed E-state index contributed by atoms with van der Waals surface area (Å²) in [7, 11) is 0. The van der Waals surface area contributed by atoms with E-state index in [-0.39, 0.29) is 17.6 Å². The Morgan fingerprint density at radius 2 is 2.32 bits per heavy atom. The van der Waals surface area contributed by atoms with Crippen LogP contribution in [-0.4, -0.2) is 27.7 Å². The number of aromatic nitrogens is 1. The topological polar surface area (TPSA) is 97.0 Å². The molecule has 6 nitrogen and oxygen atoms in total. The Morgan fingerprint density at radius 3 is 2.89 bits per heavy atom. The molecule has 1 heterocycles. The molecule has 19 heavy (non-hydrogen) atoms. The minimum absolute atomic E-state index is 0.0455. The number of amides is 1. The molecule has 0 atom stereocenters. The Labute approximate surface area is 110 Å². The number of rotatable bonds is 5. The molecule has 1 aromatic heterocycles. The average Bonchev–Trinajstić information content (AvgIpc) is 3.23. The number of pyridine rings is 1. The number of hydrogen-bond acceptors (Lipinski definition) is 4. The van der Waals surface area contributed by atoms with Crippen molar-refractivity contribution in [2.75, 3.05) is 5.32 Å². The highest BCUT2D eigenvalue weighted by Crippen LogP contribution is 2.30. The smallest absolute Gasteiger partial charge is 0.310 e. The van der Waals surface area contributed by atoms with Crippen LogP contribution in [0.2, 0.25) is 0 Å². The maximum absolute atomic E-state index is 11.7. The van der Waals surface area contributed by atoms with Gasteiger partial charge in [-0.05, 0) is 18.9 Å². The predicted molar refractivity (Wildman–Crippen MR) is 68.4 cm³/mol. The van der Waals surface area contributed by atoms with Crippen molar-refractivity contribution in [3.63, 3.8) is 0 Å². The normalized spacial score (nSPS) is 13.5. The SMILES string of the molecule is CCC(=O)c1cnc(NC(=O)C2CC2)cc1C=[N+]=N. The van der Waals surface area contributed by atoms with Gasteiger partial charge in [0.2, 0.25) is 5.91 Å². The first-order valence-corrected chi connectivity index (χ1v) is 6.19. The van der Waals surface area contributed by atoms with Gasteiger partial charge in [0, 0.05) is 23.3 Å². The van der Waals surface area contributed by atoms with E-state index >= 15 is 0 Å². The summed E-state index contributed by atoms with van der Waals surface area (Å²) in [6, 6.07) is 1.57. The van der Waals surface area contributed by atoms with Crippen LogP contribution in [0.1, 0.15) is 42.1 Å². The molecule has 0 aromatic carbocycles. The molecule has 0 radical (unpaired) electrons. The molecule has 0 bridgehead atoms. The number of Topliss-reactive ketones (excluding diaryl/α,β-unsaturated/α-hetero) is 1. The molecule has 0 aliphatic heterocycles. The minimum Gasteiger partial charge on any atom is -0.310 e. The summed E-state index contributed by atoms with van der Waals surface area (Å²) < 4.78 is 0. The molecule has 0 unspecified atom stereocenters. The Morgan fingerprint density at radius 1 is 1.58 bits per heavy atom. The van der Waals surface area contributed by atoms with E-state index in [1.165, 1.54) is 12.4 Å². The van der Waals surface area contributed by atoms with Crippen LogP contribution in [-0.2, 0) is 4.79 Å². The summed E-state index contributed by atoms with van der Waals surface area (Å²) in [5, 5.41) is 2.70. The van der Waals surface area contributed by atoms with Gasteiger partial charge in [0.25, 0.3) is 0 Å². The fourth-order valence-electron chi connectivity index (χ4n) is 1.71. The van der Waals surface area contributed by atoms with Crippen molar-refractivity contribution in [2.45, 2.75) is 26.2 Å². The Hall–Kier alpha value is -2.33. The summed E-state index contributed by atoms with van der Waals surface area (Å²) in [6.45, 7) is 1.76. The van der Waals surface area contributed by atoms with Gasteiger partial charge >= 0.3 is 6.21 Å². The highest BCUT2D eigenvalue weighted by Gasteiger charge is 2.30. The van der Waals surface area contributed by atoms with E-state index in [1.807, 2.05) is 0 Å². The lowest BCUT2D eigenvalue weighted by Gasteiger charge is -2.05.